The van der Waals surface area contributed by atoms with E-state index in [0.29, 0.717) is 6.42 Å². The summed E-state index contributed by atoms with van der Waals surface area (Å²) in [6, 6.07) is 0. The minimum atomic E-state index is 0.0722. The number of hydrogen-bond donors (Lipinski definition) is 1. The maximum atomic E-state index is 11.8. The molecule has 0 heterocycles. The maximum absolute atomic E-state index is 11.8. The van der Waals surface area contributed by atoms with Gasteiger partial charge in [0, 0.05) is 32.1 Å². The van der Waals surface area contributed by atoms with Crippen LogP contribution in [-0.4, -0.2) is 36.5 Å². The molecule has 0 aliphatic carbocycles. The smallest absolute Gasteiger partial charge is 0.222 e. The van der Waals surface area contributed by atoms with Crippen LogP contribution in [0.15, 0.2) is 0 Å². The average Bonchev–Trinajstić information content (AvgIpc) is 1.98. The first kappa shape index (κ1) is 15.4. The Balaban J connectivity index is 3.89. The van der Waals surface area contributed by atoms with Crippen molar-refractivity contribution in [1.82, 2.24) is 10.2 Å². The topological polar surface area (TPSA) is 32.3 Å². The first-order chi connectivity index (χ1) is 7.01. The van der Waals surface area contributed by atoms with Crippen molar-refractivity contribution in [1.29, 1.82) is 0 Å². The summed E-state index contributed by atoms with van der Waals surface area (Å²) in [6.45, 7) is 14.3. The van der Waals surface area contributed by atoms with Gasteiger partial charge in [0.15, 0.2) is 0 Å². The number of carbonyl (C=O) groups is 1. The van der Waals surface area contributed by atoms with Crippen molar-refractivity contribution < 1.29 is 4.79 Å². The first-order valence-corrected chi connectivity index (χ1v) is 6.00. The lowest BCUT2D eigenvalue weighted by Crippen LogP contribution is -2.42. The Labute approximate surface area is 101 Å². The van der Waals surface area contributed by atoms with Crippen molar-refractivity contribution >= 4 is 5.91 Å². The zero-order chi connectivity index (χ0) is 13.0. The second kappa shape index (κ2) is 5.67. The molecule has 1 amide bonds. The molecule has 0 aliphatic heterocycles. The Morgan fingerprint density at radius 1 is 1.12 bits per heavy atom. The van der Waals surface area contributed by atoms with Crippen molar-refractivity contribution in [2.45, 2.75) is 53.5 Å². The van der Waals surface area contributed by atoms with Crippen molar-refractivity contribution in [3.63, 3.8) is 0 Å². The van der Waals surface area contributed by atoms with Gasteiger partial charge in [-0.15, -0.1) is 0 Å². The predicted octanol–water partition coefficient (Wildman–Crippen LogP) is 2.27. The van der Waals surface area contributed by atoms with Gasteiger partial charge in [-0.1, -0.05) is 20.8 Å². The summed E-state index contributed by atoms with van der Waals surface area (Å²) in [7, 11) is 1.87. The molecule has 0 fully saturated rings. The summed E-state index contributed by atoms with van der Waals surface area (Å²) >= 11 is 0. The van der Waals surface area contributed by atoms with Gasteiger partial charge in [-0.3, -0.25) is 4.79 Å². The number of amides is 1. The molecule has 3 nitrogen and oxygen atoms in total. The lowest BCUT2D eigenvalue weighted by molar-refractivity contribution is -0.131. The summed E-state index contributed by atoms with van der Waals surface area (Å²) in [4.78, 5) is 13.6. The molecule has 3 heteroatoms. The van der Waals surface area contributed by atoms with Crippen LogP contribution in [0.5, 0.6) is 0 Å². The van der Waals surface area contributed by atoms with Crippen LogP contribution in [0.2, 0.25) is 0 Å². The van der Waals surface area contributed by atoms with Gasteiger partial charge in [-0.2, -0.15) is 0 Å². The molecule has 0 aromatic rings. The van der Waals surface area contributed by atoms with Gasteiger partial charge >= 0.3 is 0 Å². The van der Waals surface area contributed by atoms with Gasteiger partial charge in [0.2, 0.25) is 5.91 Å². The lowest BCUT2D eigenvalue weighted by atomic mass is 9.92. The summed E-state index contributed by atoms with van der Waals surface area (Å²) in [5.41, 5.74) is 0.191. The monoisotopic (exact) mass is 228 g/mol. The number of hydrogen-bond acceptors (Lipinski definition) is 2. The quantitative estimate of drug-likeness (QED) is 0.800. The van der Waals surface area contributed by atoms with E-state index < -0.39 is 0 Å². The molecule has 0 bridgehead atoms. The molecule has 0 saturated carbocycles. The average molecular weight is 228 g/mol. The van der Waals surface area contributed by atoms with E-state index in [4.69, 9.17) is 0 Å². The van der Waals surface area contributed by atoms with Crippen LogP contribution in [0, 0.1) is 5.41 Å². The molecule has 0 aromatic carbocycles. The molecule has 16 heavy (non-hydrogen) atoms. The van der Waals surface area contributed by atoms with Gasteiger partial charge in [0.05, 0.1) is 0 Å². The normalized spacial score (nSPS) is 12.7. The zero-order valence-electron chi connectivity index (χ0n) is 12.0. The Morgan fingerprint density at radius 3 is 2.00 bits per heavy atom. The fourth-order valence-electron chi connectivity index (χ4n) is 1.31. The molecule has 0 saturated heterocycles. The largest absolute Gasteiger partial charge is 0.344 e. The van der Waals surface area contributed by atoms with Crippen LogP contribution < -0.4 is 5.32 Å². The lowest BCUT2D eigenvalue weighted by Gasteiger charge is -2.26. The summed E-state index contributed by atoms with van der Waals surface area (Å²) < 4.78 is 0. The summed E-state index contributed by atoms with van der Waals surface area (Å²) in [5.74, 6) is 0.225. The van der Waals surface area contributed by atoms with Crippen LogP contribution in [0.1, 0.15) is 48.0 Å². The highest BCUT2D eigenvalue weighted by molar-refractivity contribution is 5.76. The highest BCUT2D eigenvalue weighted by Gasteiger charge is 2.19. The van der Waals surface area contributed by atoms with E-state index in [9.17, 15) is 4.79 Å². The first-order valence-electron chi connectivity index (χ1n) is 6.00. The molecule has 0 spiro atoms. The number of nitrogens with zero attached hydrogens (tertiary/aromatic N) is 1. The summed E-state index contributed by atoms with van der Waals surface area (Å²) in [6.07, 6.45) is 0.610. The molecule has 1 N–H and O–H groups in total. The Morgan fingerprint density at radius 2 is 1.62 bits per heavy atom. The van der Waals surface area contributed by atoms with Gasteiger partial charge in [0.25, 0.3) is 0 Å². The van der Waals surface area contributed by atoms with Gasteiger partial charge in [0.1, 0.15) is 0 Å². The summed E-state index contributed by atoms with van der Waals surface area (Å²) in [5, 5.41) is 3.38. The Hall–Kier alpha value is -0.570. The fraction of sp³-hybridized carbons (Fsp3) is 0.923. The number of rotatable bonds is 4. The SMILES string of the molecule is CN(CCNC(C)(C)C)C(=O)CC(C)(C)C. The Bertz CT molecular complexity index is 223. The fourth-order valence-corrected chi connectivity index (χ4v) is 1.31. The van der Waals surface area contributed by atoms with E-state index in [1.54, 1.807) is 0 Å². The number of nitrogens with one attached hydrogen (secondary N) is 1. The molecule has 96 valence electrons. The van der Waals surface area contributed by atoms with E-state index >= 15 is 0 Å². The highest BCUT2D eigenvalue weighted by atomic mass is 16.2. The third-order valence-corrected chi connectivity index (χ3v) is 2.21. The van der Waals surface area contributed by atoms with E-state index in [-0.39, 0.29) is 16.9 Å². The van der Waals surface area contributed by atoms with Gasteiger partial charge < -0.3 is 10.2 Å². The molecule has 0 radical (unpaired) electrons. The molecule has 0 rings (SSSR count). The number of likely N-dealkylation sites (N-methyl/N-ethyl adjacent to an activating group) is 1. The molecule has 0 atom stereocenters. The highest BCUT2D eigenvalue weighted by Crippen LogP contribution is 2.19. The van der Waals surface area contributed by atoms with E-state index in [0.717, 1.165) is 13.1 Å². The van der Waals surface area contributed by atoms with Crippen LogP contribution in [-0.2, 0) is 4.79 Å². The molecule has 0 unspecified atom stereocenters. The van der Waals surface area contributed by atoms with E-state index in [2.05, 4.69) is 46.9 Å². The number of carbonyl (C=O) groups excluding carboxylic acids is 1. The van der Waals surface area contributed by atoms with Crippen molar-refractivity contribution in [3.05, 3.63) is 0 Å². The third-order valence-electron chi connectivity index (χ3n) is 2.21. The van der Waals surface area contributed by atoms with Crippen molar-refractivity contribution in [2.24, 2.45) is 5.41 Å². The third kappa shape index (κ3) is 8.72. The van der Waals surface area contributed by atoms with Crippen LogP contribution in [0.3, 0.4) is 0 Å². The molecular weight excluding hydrogens is 200 g/mol. The van der Waals surface area contributed by atoms with Gasteiger partial charge in [-0.05, 0) is 26.2 Å². The van der Waals surface area contributed by atoms with Crippen LogP contribution in [0.4, 0.5) is 0 Å². The minimum Gasteiger partial charge on any atom is -0.344 e. The molecule has 0 aromatic heterocycles. The van der Waals surface area contributed by atoms with E-state index in [1.807, 2.05) is 11.9 Å². The Kier molecular flexibility index (Phi) is 5.47. The van der Waals surface area contributed by atoms with E-state index in [1.165, 1.54) is 0 Å². The van der Waals surface area contributed by atoms with Crippen LogP contribution in [0.25, 0.3) is 0 Å². The van der Waals surface area contributed by atoms with Crippen molar-refractivity contribution in [2.75, 3.05) is 20.1 Å². The second-order valence-electron chi connectivity index (χ2n) is 6.73. The van der Waals surface area contributed by atoms with Crippen LogP contribution >= 0.6 is 0 Å². The molecule has 0 aliphatic rings. The second-order valence-corrected chi connectivity index (χ2v) is 6.73. The zero-order valence-corrected chi connectivity index (χ0v) is 12.0. The van der Waals surface area contributed by atoms with Crippen molar-refractivity contribution in [3.8, 4) is 0 Å². The molecular formula is C13H28N2O. The maximum Gasteiger partial charge on any atom is 0.222 e. The minimum absolute atomic E-state index is 0.0722. The predicted molar refractivity (Wildman–Crippen MR) is 69.5 cm³/mol. The van der Waals surface area contributed by atoms with Gasteiger partial charge in [-0.25, -0.2) is 0 Å². The standard InChI is InChI=1S/C13H28N2O/c1-12(2,3)10-11(16)15(7)9-8-14-13(4,5)6/h14H,8-10H2,1-7H3.